The van der Waals surface area contributed by atoms with E-state index in [0.29, 0.717) is 32.6 Å². The maximum atomic E-state index is 12.4. The number of likely N-dealkylation sites (N-methyl/N-ethyl adjacent to an activating group) is 1. The number of nitrogens with one attached hydrogen (secondary N) is 1. The van der Waals surface area contributed by atoms with Crippen LogP contribution in [0.4, 0.5) is 11.4 Å². The Bertz CT molecular complexity index is 659. The summed E-state index contributed by atoms with van der Waals surface area (Å²) < 4.78 is 1.46. The molecule has 1 heterocycles. The minimum atomic E-state index is -1.03. The van der Waals surface area contributed by atoms with Crippen LogP contribution in [0.5, 0.6) is 0 Å². The third kappa shape index (κ3) is 2.87. The molecular weight excluding hydrogens is 397 g/mol. The van der Waals surface area contributed by atoms with E-state index in [-0.39, 0.29) is 0 Å². The number of benzene rings is 1. The van der Waals surface area contributed by atoms with Gasteiger partial charge in [-0.15, -0.1) is 0 Å². The number of azo groups is 1. The van der Waals surface area contributed by atoms with Crippen molar-refractivity contribution in [1.82, 2.24) is 10.2 Å². The Hall–Kier alpha value is -1.10. The number of halogens is 1. The van der Waals surface area contributed by atoms with Crippen molar-refractivity contribution in [3.05, 3.63) is 33.7 Å². The van der Waals surface area contributed by atoms with Gasteiger partial charge in [0.25, 0.3) is 5.69 Å². The highest BCUT2D eigenvalue weighted by atomic mass is 127. The number of rotatable bonds is 3. The first-order valence-corrected chi connectivity index (χ1v) is 9.28. The summed E-state index contributed by atoms with van der Waals surface area (Å²) in [6, 6.07) is 4.15. The molecule has 7 nitrogen and oxygen atoms in total. The van der Waals surface area contributed by atoms with Crippen molar-refractivity contribution in [2.45, 2.75) is 25.8 Å². The minimum Gasteiger partial charge on any atom is -0.749 e. The van der Waals surface area contributed by atoms with Gasteiger partial charge in [0.15, 0.2) is 0 Å². The molecule has 8 heteroatoms. The van der Waals surface area contributed by atoms with Gasteiger partial charge in [-0.25, -0.2) is 0 Å². The number of hydrogen-bond donors (Lipinski definition) is 1. The SMILES string of the molecule is CCNC1=IN([O-])c2cc3c(cc2[N+]([O-])=N1)CC(N(C)C)C3. The first-order chi connectivity index (χ1) is 10.5. The Kier molecular flexibility index (Phi) is 4.44. The summed E-state index contributed by atoms with van der Waals surface area (Å²) >= 11 is -1.03. The Morgan fingerprint density at radius 2 is 2.09 bits per heavy atom. The van der Waals surface area contributed by atoms with E-state index < -0.39 is 21.0 Å². The van der Waals surface area contributed by atoms with Crippen molar-refractivity contribution in [3.8, 4) is 0 Å². The second kappa shape index (κ2) is 6.19. The fourth-order valence-electron chi connectivity index (χ4n) is 2.76. The lowest BCUT2D eigenvalue weighted by Gasteiger charge is -2.24. The molecule has 1 atom stereocenters. The van der Waals surface area contributed by atoms with Crippen LogP contribution in [0.1, 0.15) is 18.1 Å². The molecule has 0 fully saturated rings. The molecule has 0 aromatic heterocycles. The summed E-state index contributed by atoms with van der Waals surface area (Å²) in [5, 5.41) is 31.7. The topological polar surface area (TPSA) is 80.0 Å². The summed E-state index contributed by atoms with van der Waals surface area (Å²) in [5.41, 5.74) is 3.13. The van der Waals surface area contributed by atoms with Crippen molar-refractivity contribution in [2.75, 3.05) is 23.9 Å². The lowest BCUT2D eigenvalue weighted by molar-refractivity contribution is -0.432. The standard InChI is InChI=1S/C14H19IN5O2/c1-4-16-14-15-19(21)12-7-9-5-11(18(2)3)6-10(9)8-13(12)20(22)17-14/h7-8,11,16H,4-6H2,1-3H3/q-1. The Morgan fingerprint density at radius 3 is 2.73 bits per heavy atom. The Balaban J connectivity index is 2.01. The molecule has 1 aliphatic carbocycles. The van der Waals surface area contributed by atoms with Gasteiger partial charge in [-0.2, -0.15) is 0 Å². The summed E-state index contributed by atoms with van der Waals surface area (Å²) in [5.74, 6) is 0. The smallest absolute Gasteiger partial charge is 0.268 e. The van der Waals surface area contributed by atoms with Gasteiger partial charge in [-0.1, -0.05) is 6.92 Å². The molecule has 1 aliphatic heterocycles. The largest absolute Gasteiger partial charge is 0.749 e. The van der Waals surface area contributed by atoms with E-state index in [1.54, 1.807) is 0 Å². The zero-order chi connectivity index (χ0) is 15.9. The van der Waals surface area contributed by atoms with E-state index in [4.69, 9.17) is 0 Å². The highest BCUT2D eigenvalue weighted by Gasteiger charge is 2.28. The molecule has 2 aliphatic rings. The van der Waals surface area contributed by atoms with Crippen LogP contribution in [0.15, 0.2) is 17.2 Å². The van der Waals surface area contributed by atoms with E-state index in [1.165, 1.54) is 5.56 Å². The van der Waals surface area contributed by atoms with Gasteiger partial charge in [-0.05, 0) is 55.5 Å². The molecule has 1 aromatic carbocycles. The van der Waals surface area contributed by atoms with Crippen LogP contribution in [-0.4, -0.2) is 40.2 Å². The van der Waals surface area contributed by atoms with Crippen LogP contribution in [0.2, 0.25) is 0 Å². The van der Waals surface area contributed by atoms with Crippen molar-refractivity contribution in [3.63, 3.8) is 0 Å². The molecule has 120 valence electrons. The molecule has 0 saturated heterocycles. The normalized spacial score (nSPS) is 20.8. The van der Waals surface area contributed by atoms with Crippen molar-refractivity contribution in [1.29, 1.82) is 0 Å². The van der Waals surface area contributed by atoms with Crippen LogP contribution in [0, 0.1) is 10.4 Å². The molecule has 1 aromatic rings. The first kappa shape index (κ1) is 15.8. The predicted octanol–water partition coefficient (Wildman–Crippen LogP) is 2.21. The summed E-state index contributed by atoms with van der Waals surface area (Å²) in [4.78, 5) is 2.78. The number of nitrogens with zero attached hydrogens (tertiary/aromatic N) is 4. The zero-order valence-electron chi connectivity index (χ0n) is 12.8. The van der Waals surface area contributed by atoms with Crippen LogP contribution < -0.4 is 8.59 Å². The molecule has 1 unspecified atom stereocenters. The molecule has 22 heavy (non-hydrogen) atoms. The molecule has 0 radical (unpaired) electrons. The molecular formula is C14H19IN5O2-. The average molecular weight is 416 g/mol. The highest BCUT2D eigenvalue weighted by Crippen LogP contribution is 2.39. The molecule has 0 bridgehead atoms. The van der Waals surface area contributed by atoms with Gasteiger partial charge in [0.1, 0.15) is 5.69 Å². The number of hydrogen-bond acceptors (Lipinski definition) is 6. The van der Waals surface area contributed by atoms with E-state index in [2.05, 4.69) is 29.4 Å². The lowest BCUT2D eigenvalue weighted by Crippen LogP contribution is -2.27. The fourth-order valence-corrected chi connectivity index (χ4v) is 4.67. The van der Waals surface area contributed by atoms with Gasteiger partial charge in [0.2, 0.25) is 3.76 Å². The zero-order valence-corrected chi connectivity index (χ0v) is 15.0. The molecule has 1 N–H and O–H groups in total. The first-order valence-electron chi connectivity index (χ1n) is 7.24. The summed E-state index contributed by atoms with van der Waals surface area (Å²) in [6.45, 7) is 2.57. The summed E-state index contributed by atoms with van der Waals surface area (Å²) in [6.07, 6.45) is 1.82. The fraction of sp³-hybridized carbons (Fsp3) is 0.500. The molecule has 0 spiro atoms. The van der Waals surface area contributed by atoms with E-state index in [9.17, 15) is 10.4 Å². The van der Waals surface area contributed by atoms with Gasteiger partial charge in [-0.3, -0.25) is 5.32 Å². The van der Waals surface area contributed by atoms with E-state index >= 15 is 0 Å². The van der Waals surface area contributed by atoms with Gasteiger partial charge >= 0.3 is 0 Å². The average Bonchev–Trinajstić information content (AvgIpc) is 2.84. The number of fused-ring (bicyclic) bond motifs is 2. The third-order valence-corrected chi connectivity index (χ3v) is 6.00. The van der Waals surface area contributed by atoms with Gasteiger partial charge in [0.05, 0.1) is 0 Å². The Labute approximate surface area is 139 Å². The second-order valence-electron chi connectivity index (χ2n) is 5.66. The Morgan fingerprint density at radius 1 is 1.41 bits per heavy atom. The van der Waals surface area contributed by atoms with Crippen LogP contribution >= 0.6 is 21.0 Å². The highest BCUT2D eigenvalue weighted by molar-refractivity contribution is 14.2. The van der Waals surface area contributed by atoms with Gasteiger partial charge in [0, 0.05) is 38.2 Å². The van der Waals surface area contributed by atoms with Crippen LogP contribution in [0.3, 0.4) is 0 Å². The molecule has 0 amide bonds. The maximum Gasteiger partial charge on any atom is 0.268 e. The lowest BCUT2D eigenvalue weighted by atomic mass is 10.1. The third-order valence-electron chi connectivity index (χ3n) is 3.99. The summed E-state index contributed by atoms with van der Waals surface area (Å²) in [7, 11) is 4.11. The van der Waals surface area contributed by atoms with E-state index in [0.717, 1.165) is 21.7 Å². The predicted molar refractivity (Wildman–Crippen MR) is 95.6 cm³/mol. The van der Waals surface area contributed by atoms with Crippen LogP contribution in [-0.2, 0) is 12.8 Å². The van der Waals surface area contributed by atoms with Gasteiger partial charge < -0.3 is 18.6 Å². The maximum absolute atomic E-state index is 12.4. The van der Waals surface area contributed by atoms with Crippen molar-refractivity contribution >= 4 is 36.1 Å². The van der Waals surface area contributed by atoms with E-state index in [1.807, 2.05) is 19.1 Å². The monoisotopic (exact) mass is 416 g/mol. The molecule has 3 rings (SSSR count). The van der Waals surface area contributed by atoms with Crippen LogP contribution in [0.25, 0.3) is 0 Å². The van der Waals surface area contributed by atoms with Crippen molar-refractivity contribution < 1.29 is 4.86 Å². The number of anilines is 1. The quantitative estimate of drug-likeness (QED) is 0.354. The van der Waals surface area contributed by atoms with Crippen molar-refractivity contribution in [2.24, 2.45) is 5.11 Å². The minimum absolute atomic E-state index is 0.362. The second-order valence-corrected chi connectivity index (χ2v) is 8.04. The molecule has 0 saturated carbocycles.